The van der Waals surface area contributed by atoms with E-state index in [1.807, 2.05) is 0 Å². The molecule has 0 aliphatic carbocycles. The second-order valence-corrected chi connectivity index (χ2v) is 5.22. The highest BCUT2D eigenvalue weighted by Crippen LogP contribution is 2.29. The van der Waals surface area contributed by atoms with Crippen molar-refractivity contribution in [3.05, 3.63) is 34.1 Å². The van der Waals surface area contributed by atoms with Crippen LogP contribution in [0.4, 0.5) is 4.39 Å². The Morgan fingerprint density at radius 3 is 2.53 bits per heavy atom. The molecule has 1 rings (SSSR count). The summed E-state index contributed by atoms with van der Waals surface area (Å²) in [6.07, 6.45) is 0. The Labute approximate surface area is 108 Å². The lowest BCUT2D eigenvalue weighted by molar-refractivity contribution is -0.144. The molecule has 0 spiro atoms. The maximum atomic E-state index is 13.6. The van der Waals surface area contributed by atoms with Crippen LogP contribution in [0, 0.1) is 17.7 Å². The summed E-state index contributed by atoms with van der Waals surface area (Å²) >= 11 is 3.22. The van der Waals surface area contributed by atoms with Crippen molar-refractivity contribution >= 4 is 21.9 Å². The van der Waals surface area contributed by atoms with Crippen LogP contribution in [0.5, 0.6) is 0 Å². The molecule has 17 heavy (non-hydrogen) atoms. The van der Waals surface area contributed by atoms with Crippen molar-refractivity contribution in [1.29, 1.82) is 0 Å². The summed E-state index contributed by atoms with van der Waals surface area (Å²) in [6, 6.07) is 3.50. The molecule has 0 amide bonds. The summed E-state index contributed by atoms with van der Waals surface area (Å²) in [5.41, 5.74) is 6.09. The van der Waals surface area contributed by atoms with Crippen LogP contribution in [0.1, 0.15) is 25.5 Å². The number of carboxylic acids is 1. The highest BCUT2D eigenvalue weighted by Gasteiger charge is 2.31. The van der Waals surface area contributed by atoms with Crippen molar-refractivity contribution in [2.24, 2.45) is 17.6 Å². The zero-order valence-electron chi connectivity index (χ0n) is 9.65. The molecule has 2 unspecified atom stereocenters. The quantitative estimate of drug-likeness (QED) is 0.899. The van der Waals surface area contributed by atoms with E-state index in [1.54, 1.807) is 19.9 Å². The van der Waals surface area contributed by atoms with Crippen LogP contribution in [0.2, 0.25) is 0 Å². The van der Waals surface area contributed by atoms with Gasteiger partial charge in [-0.05, 0) is 24.1 Å². The van der Waals surface area contributed by atoms with E-state index in [4.69, 9.17) is 10.8 Å². The Balaban J connectivity index is 3.13. The Morgan fingerprint density at radius 1 is 1.47 bits per heavy atom. The van der Waals surface area contributed by atoms with Crippen LogP contribution < -0.4 is 5.73 Å². The van der Waals surface area contributed by atoms with Gasteiger partial charge in [0, 0.05) is 16.1 Å². The molecule has 3 N–H and O–H groups in total. The van der Waals surface area contributed by atoms with Gasteiger partial charge in [-0.25, -0.2) is 4.39 Å². The SMILES string of the molecule is CC(C)C(C(=O)O)C(N)c1cc(Br)ccc1F. The van der Waals surface area contributed by atoms with Gasteiger partial charge in [0.05, 0.1) is 5.92 Å². The predicted molar refractivity (Wildman–Crippen MR) is 67.0 cm³/mol. The minimum absolute atomic E-state index is 0.166. The van der Waals surface area contributed by atoms with Crippen LogP contribution in [0.3, 0.4) is 0 Å². The van der Waals surface area contributed by atoms with Crippen molar-refractivity contribution in [2.75, 3.05) is 0 Å². The lowest BCUT2D eigenvalue weighted by atomic mass is 9.85. The maximum absolute atomic E-state index is 13.6. The molecule has 0 aliphatic rings. The highest BCUT2D eigenvalue weighted by molar-refractivity contribution is 9.10. The molecule has 1 aromatic rings. The van der Waals surface area contributed by atoms with E-state index in [2.05, 4.69) is 15.9 Å². The third kappa shape index (κ3) is 3.26. The number of benzene rings is 1. The smallest absolute Gasteiger partial charge is 0.308 e. The van der Waals surface area contributed by atoms with E-state index >= 15 is 0 Å². The Morgan fingerprint density at radius 2 is 2.06 bits per heavy atom. The zero-order valence-corrected chi connectivity index (χ0v) is 11.2. The third-order valence-electron chi connectivity index (χ3n) is 2.71. The van der Waals surface area contributed by atoms with Gasteiger partial charge in [-0.3, -0.25) is 4.79 Å². The molecular weight excluding hydrogens is 289 g/mol. The fourth-order valence-electron chi connectivity index (χ4n) is 1.82. The van der Waals surface area contributed by atoms with E-state index in [9.17, 15) is 9.18 Å². The lowest BCUT2D eigenvalue weighted by Gasteiger charge is -2.24. The topological polar surface area (TPSA) is 63.3 Å². The van der Waals surface area contributed by atoms with Crippen molar-refractivity contribution in [3.63, 3.8) is 0 Å². The van der Waals surface area contributed by atoms with E-state index < -0.39 is 23.7 Å². The third-order valence-corrected chi connectivity index (χ3v) is 3.20. The van der Waals surface area contributed by atoms with Gasteiger partial charge in [0.15, 0.2) is 0 Å². The monoisotopic (exact) mass is 303 g/mol. The molecule has 0 radical (unpaired) electrons. The molecule has 1 aromatic carbocycles. The average molecular weight is 304 g/mol. The minimum atomic E-state index is -1.01. The van der Waals surface area contributed by atoms with Gasteiger partial charge >= 0.3 is 5.97 Å². The molecular formula is C12H15BrFNO2. The standard InChI is InChI=1S/C12H15BrFNO2/c1-6(2)10(12(16)17)11(15)8-5-7(13)3-4-9(8)14/h3-6,10-11H,15H2,1-2H3,(H,16,17). The number of halogens is 2. The molecule has 0 bridgehead atoms. The van der Waals surface area contributed by atoms with Gasteiger partial charge in [-0.2, -0.15) is 0 Å². The largest absolute Gasteiger partial charge is 0.481 e. The number of carboxylic acid groups (broad SMARTS) is 1. The summed E-state index contributed by atoms with van der Waals surface area (Å²) in [6.45, 7) is 3.52. The first kappa shape index (κ1) is 14.1. The number of rotatable bonds is 4. The Kier molecular flexibility index (Phi) is 4.65. The summed E-state index contributed by atoms with van der Waals surface area (Å²) in [4.78, 5) is 11.1. The van der Waals surface area contributed by atoms with Gasteiger partial charge in [0.1, 0.15) is 5.82 Å². The van der Waals surface area contributed by atoms with Crippen LogP contribution in [-0.2, 0) is 4.79 Å². The predicted octanol–water partition coefficient (Wildman–Crippen LogP) is 2.94. The van der Waals surface area contributed by atoms with Crippen molar-refractivity contribution in [1.82, 2.24) is 0 Å². The van der Waals surface area contributed by atoms with Crippen LogP contribution in [0.25, 0.3) is 0 Å². The van der Waals surface area contributed by atoms with Crippen molar-refractivity contribution < 1.29 is 14.3 Å². The van der Waals surface area contributed by atoms with E-state index in [0.29, 0.717) is 4.47 Å². The van der Waals surface area contributed by atoms with Crippen molar-refractivity contribution in [2.45, 2.75) is 19.9 Å². The van der Waals surface area contributed by atoms with Gasteiger partial charge in [-0.15, -0.1) is 0 Å². The van der Waals surface area contributed by atoms with E-state index in [0.717, 1.165) is 0 Å². The van der Waals surface area contributed by atoms with Gasteiger partial charge in [-0.1, -0.05) is 29.8 Å². The summed E-state index contributed by atoms with van der Waals surface area (Å²) in [5.74, 6) is -2.46. The van der Waals surface area contributed by atoms with E-state index in [-0.39, 0.29) is 11.5 Å². The van der Waals surface area contributed by atoms with Gasteiger partial charge in [0.25, 0.3) is 0 Å². The summed E-state index contributed by atoms with van der Waals surface area (Å²) < 4.78 is 14.3. The fourth-order valence-corrected chi connectivity index (χ4v) is 2.20. The fraction of sp³-hybridized carbons (Fsp3) is 0.417. The molecule has 3 nitrogen and oxygen atoms in total. The number of hydrogen-bond acceptors (Lipinski definition) is 2. The number of carbonyl (C=O) groups is 1. The molecule has 0 saturated heterocycles. The maximum Gasteiger partial charge on any atom is 0.308 e. The molecule has 0 fully saturated rings. The second-order valence-electron chi connectivity index (χ2n) is 4.30. The highest BCUT2D eigenvalue weighted by atomic mass is 79.9. The molecule has 0 heterocycles. The second kappa shape index (κ2) is 5.60. The normalized spacial score (nSPS) is 14.7. The lowest BCUT2D eigenvalue weighted by Crippen LogP contribution is -2.32. The van der Waals surface area contributed by atoms with E-state index in [1.165, 1.54) is 12.1 Å². The van der Waals surface area contributed by atoms with Crippen LogP contribution in [-0.4, -0.2) is 11.1 Å². The number of nitrogens with two attached hydrogens (primary N) is 1. The molecule has 2 atom stereocenters. The molecule has 0 aliphatic heterocycles. The summed E-state index contributed by atoms with van der Waals surface area (Å²) in [5, 5.41) is 9.12. The molecule has 0 aromatic heterocycles. The zero-order chi connectivity index (χ0) is 13.2. The van der Waals surface area contributed by atoms with Gasteiger partial charge < -0.3 is 10.8 Å². The first-order chi connectivity index (χ1) is 7.84. The Hall–Kier alpha value is -0.940. The molecule has 94 valence electrons. The Bertz CT molecular complexity index is 423. The first-order valence-electron chi connectivity index (χ1n) is 5.28. The minimum Gasteiger partial charge on any atom is -0.481 e. The number of aliphatic carboxylic acids is 1. The van der Waals surface area contributed by atoms with Crippen molar-refractivity contribution in [3.8, 4) is 0 Å². The van der Waals surface area contributed by atoms with Gasteiger partial charge in [0.2, 0.25) is 0 Å². The number of hydrogen-bond donors (Lipinski definition) is 2. The van der Waals surface area contributed by atoms with Crippen LogP contribution >= 0.6 is 15.9 Å². The summed E-state index contributed by atoms with van der Waals surface area (Å²) in [7, 11) is 0. The average Bonchev–Trinajstić information content (AvgIpc) is 2.20. The molecule has 0 saturated carbocycles. The first-order valence-corrected chi connectivity index (χ1v) is 6.07. The van der Waals surface area contributed by atoms with Crippen LogP contribution in [0.15, 0.2) is 22.7 Å². The molecule has 5 heteroatoms.